The van der Waals surface area contributed by atoms with Crippen LogP contribution < -0.4 is 10.0 Å². The number of rotatable bonds is 5. The number of nitrogen functional groups attached to an aromatic ring is 1. The minimum atomic E-state index is -3.83. The average Bonchev–Trinajstić information content (AvgIpc) is 2.63. The van der Waals surface area contributed by atoms with E-state index in [1.807, 2.05) is 48.5 Å². The van der Waals surface area contributed by atoms with Gasteiger partial charge in [-0.25, -0.2) is 8.42 Å². The maximum absolute atomic E-state index is 13.3. The van der Waals surface area contributed by atoms with Gasteiger partial charge in [0, 0.05) is 4.47 Å². The van der Waals surface area contributed by atoms with E-state index < -0.39 is 10.0 Å². The van der Waals surface area contributed by atoms with Gasteiger partial charge in [-0.15, -0.1) is 0 Å². The van der Waals surface area contributed by atoms with Crippen LogP contribution in [0.4, 0.5) is 11.4 Å². The van der Waals surface area contributed by atoms with Gasteiger partial charge >= 0.3 is 0 Å². The summed E-state index contributed by atoms with van der Waals surface area (Å²) in [6, 6.07) is 23.3. The van der Waals surface area contributed by atoms with E-state index in [1.54, 1.807) is 24.3 Å². The van der Waals surface area contributed by atoms with Crippen molar-refractivity contribution < 1.29 is 8.42 Å². The van der Waals surface area contributed by atoms with E-state index in [1.165, 1.54) is 10.4 Å². The first-order chi connectivity index (χ1) is 12.0. The molecule has 0 fully saturated rings. The maximum atomic E-state index is 13.3. The monoisotopic (exact) mass is 416 g/mol. The third-order valence-electron chi connectivity index (χ3n) is 3.76. The number of hydrogen-bond donors (Lipinski definition) is 1. The molecule has 0 unspecified atom stereocenters. The topological polar surface area (TPSA) is 63.4 Å². The van der Waals surface area contributed by atoms with E-state index in [4.69, 9.17) is 5.73 Å². The van der Waals surface area contributed by atoms with Crippen molar-refractivity contribution in [3.8, 4) is 0 Å². The molecular weight excluding hydrogens is 400 g/mol. The average molecular weight is 417 g/mol. The number of hydrogen-bond acceptors (Lipinski definition) is 3. The SMILES string of the molecule is Nc1ccc(Br)cc1S(=O)(=O)N(Cc1ccccc1)c1ccccc1. The highest BCUT2D eigenvalue weighted by Gasteiger charge is 2.27. The molecule has 0 spiro atoms. The van der Waals surface area contributed by atoms with Crippen LogP contribution in [0.25, 0.3) is 0 Å². The molecule has 0 atom stereocenters. The molecule has 0 aliphatic heterocycles. The van der Waals surface area contributed by atoms with Crippen LogP contribution >= 0.6 is 15.9 Å². The lowest BCUT2D eigenvalue weighted by Crippen LogP contribution is -2.31. The molecule has 0 aliphatic rings. The molecule has 0 radical (unpaired) electrons. The molecule has 3 aromatic rings. The third kappa shape index (κ3) is 3.86. The lowest BCUT2D eigenvalue weighted by Gasteiger charge is -2.25. The van der Waals surface area contributed by atoms with E-state index in [0.717, 1.165) is 5.56 Å². The summed E-state index contributed by atoms with van der Waals surface area (Å²) in [5, 5.41) is 0. The second-order valence-corrected chi connectivity index (χ2v) is 8.26. The molecule has 4 nitrogen and oxygen atoms in total. The number of halogens is 1. The van der Waals surface area contributed by atoms with E-state index in [0.29, 0.717) is 10.2 Å². The third-order valence-corrected chi connectivity index (χ3v) is 6.08. The zero-order valence-corrected chi connectivity index (χ0v) is 15.7. The molecule has 3 aromatic carbocycles. The van der Waals surface area contributed by atoms with Crippen molar-refractivity contribution >= 4 is 37.3 Å². The highest BCUT2D eigenvalue weighted by Crippen LogP contribution is 2.30. The number of benzene rings is 3. The van der Waals surface area contributed by atoms with Gasteiger partial charge in [0.2, 0.25) is 0 Å². The summed E-state index contributed by atoms with van der Waals surface area (Å²) in [4.78, 5) is 0.0849. The number of nitrogens with two attached hydrogens (primary N) is 1. The van der Waals surface area contributed by atoms with Gasteiger partial charge in [-0.3, -0.25) is 4.31 Å². The molecule has 3 rings (SSSR count). The fourth-order valence-corrected chi connectivity index (χ4v) is 4.62. The van der Waals surface area contributed by atoms with Crippen LogP contribution in [0.5, 0.6) is 0 Å². The lowest BCUT2D eigenvalue weighted by atomic mass is 10.2. The summed E-state index contributed by atoms with van der Waals surface area (Å²) in [6.45, 7) is 0.221. The minimum absolute atomic E-state index is 0.0849. The van der Waals surface area contributed by atoms with Crippen LogP contribution in [-0.2, 0) is 16.6 Å². The van der Waals surface area contributed by atoms with Gasteiger partial charge in [-0.1, -0.05) is 64.5 Å². The molecule has 25 heavy (non-hydrogen) atoms. The Kier molecular flexibility index (Phi) is 5.11. The summed E-state index contributed by atoms with van der Waals surface area (Å²) in [5.74, 6) is 0. The zero-order chi connectivity index (χ0) is 17.9. The smallest absolute Gasteiger partial charge is 0.266 e. The largest absolute Gasteiger partial charge is 0.398 e. The Labute approximate surface area is 156 Å². The van der Waals surface area contributed by atoms with Crippen LogP contribution in [-0.4, -0.2) is 8.42 Å². The summed E-state index contributed by atoms with van der Waals surface area (Å²) in [6.07, 6.45) is 0. The normalized spacial score (nSPS) is 11.2. The molecular formula is C19H17BrN2O2S. The Morgan fingerprint density at radius 2 is 1.48 bits per heavy atom. The molecule has 0 heterocycles. The van der Waals surface area contributed by atoms with Crippen LogP contribution in [0.15, 0.2) is 88.2 Å². The first-order valence-electron chi connectivity index (χ1n) is 7.65. The predicted molar refractivity (Wildman–Crippen MR) is 105 cm³/mol. The van der Waals surface area contributed by atoms with Crippen molar-refractivity contribution in [2.75, 3.05) is 10.0 Å². The van der Waals surface area contributed by atoms with Crippen molar-refractivity contribution in [3.05, 3.63) is 88.9 Å². The number of sulfonamides is 1. The van der Waals surface area contributed by atoms with Crippen LogP contribution in [0, 0.1) is 0 Å². The Morgan fingerprint density at radius 3 is 2.12 bits per heavy atom. The van der Waals surface area contributed by atoms with Gasteiger partial charge in [0.05, 0.1) is 17.9 Å². The van der Waals surface area contributed by atoms with Crippen LogP contribution in [0.3, 0.4) is 0 Å². The van der Waals surface area contributed by atoms with E-state index in [2.05, 4.69) is 15.9 Å². The van der Waals surface area contributed by atoms with Crippen molar-refractivity contribution in [2.45, 2.75) is 11.4 Å². The Morgan fingerprint density at radius 1 is 0.880 bits per heavy atom. The highest BCUT2D eigenvalue weighted by molar-refractivity contribution is 9.10. The van der Waals surface area contributed by atoms with Gasteiger partial charge in [-0.05, 0) is 35.9 Å². The summed E-state index contributed by atoms with van der Waals surface area (Å²) in [7, 11) is -3.83. The van der Waals surface area contributed by atoms with Crippen molar-refractivity contribution in [3.63, 3.8) is 0 Å². The molecule has 0 aromatic heterocycles. The predicted octanol–water partition coefficient (Wildman–Crippen LogP) is 4.43. The van der Waals surface area contributed by atoms with E-state index in [9.17, 15) is 8.42 Å². The quantitative estimate of drug-likeness (QED) is 0.625. The zero-order valence-electron chi connectivity index (χ0n) is 13.3. The van der Waals surface area contributed by atoms with Crippen LogP contribution in [0.1, 0.15) is 5.56 Å². The molecule has 6 heteroatoms. The fraction of sp³-hybridized carbons (Fsp3) is 0.0526. The number of nitrogens with zero attached hydrogens (tertiary/aromatic N) is 1. The molecule has 128 valence electrons. The summed E-state index contributed by atoms with van der Waals surface area (Å²) in [5.41, 5.74) is 7.66. The van der Waals surface area contributed by atoms with Crippen molar-refractivity contribution in [1.29, 1.82) is 0 Å². The second-order valence-electron chi connectivity index (χ2n) is 5.51. The first kappa shape index (κ1) is 17.5. The van der Waals surface area contributed by atoms with Gasteiger partial charge in [0.1, 0.15) is 4.90 Å². The van der Waals surface area contributed by atoms with Gasteiger partial charge in [-0.2, -0.15) is 0 Å². The molecule has 2 N–H and O–H groups in total. The Hall–Kier alpha value is -2.31. The van der Waals surface area contributed by atoms with Gasteiger partial charge in [0.25, 0.3) is 10.0 Å². The lowest BCUT2D eigenvalue weighted by molar-refractivity contribution is 0.590. The van der Waals surface area contributed by atoms with E-state index >= 15 is 0 Å². The van der Waals surface area contributed by atoms with Crippen LogP contribution in [0.2, 0.25) is 0 Å². The molecule has 0 saturated carbocycles. The Balaban J connectivity index is 2.12. The number of anilines is 2. The van der Waals surface area contributed by atoms with E-state index in [-0.39, 0.29) is 17.1 Å². The summed E-state index contributed by atoms with van der Waals surface area (Å²) < 4.78 is 28.7. The standard InChI is InChI=1S/C19H17BrN2O2S/c20-16-11-12-18(21)19(13-16)25(23,24)22(17-9-5-2-6-10-17)14-15-7-3-1-4-8-15/h1-13H,14,21H2. The van der Waals surface area contributed by atoms with Crippen molar-refractivity contribution in [1.82, 2.24) is 0 Å². The van der Waals surface area contributed by atoms with Gasteiger partial charge in [0.15, 0.2) is 0 Å². The molecule has 0 aliphatic carbocycles. The molecule has 0 saturated heterocycles. The fourth-order valence-electron chi connectivity index (χ4n) is 2.51. The second kappa shape index (κ2) is 7.29. The van der Waals surface area contributed by atoms with Crippen molar-refractivity contribution in [2.24, 2.45) is 0 Å². The maximum Gasteiger partial charge on any atom is 0.266 e. The highest BCUT2D eigenvalue weighted by atomic mass is 79.9. The van der Waals surface area contributed by atoms with Gasteiger partial charge < -0.3 is 5.73 Å². The molecule has 0 bridgehead atoms. The molecule has 0 amide bonds. The number of para-hydroxylation sites is 1. The summed E-state index contributed by atoms with van der Waals surface area (Å²) >= 11 is 3.32. The first-order valence-corrected chi connectivity index (χ1v) is 9.88. The Bertz CT molecular complexity index is 961. The minimum Gasteiger partial charge on any atom is -0.398 e.